The Hall–Kier alpha value is -3.29. The molecular formula is C24H28N4O4. The van der Waals surface area contributed by atoms with Crippen LogP contribution in [0.3, 0.4) is 0 Å². The van der Waals surface area contributed by atoms with Gasteiger partial charge in [-0.1, -0.05) is 25.3 Å². The maximum atomic E-state index is 13.6. The number of hydrogen-bond donors (Lipinski definition) is 1. The van der Waals surface area contributed by atoms with Gasteiger partial charge in [0.2, 0.25) is 5.91 Å². The summed E-state index contributed by atoms with van der Waals surface area (Å²) < 4.78 is 12.8. The van der Waals surface area contributed by atoms with Crippen molar-refractivity contribution in [1.29, 1.82) is 0 Å². The average Bonchev–Trinajstić information content (AvgIpc) is 3.48. The van der Waals surface area contributed by atoms with Gasteiger partial charge in [0.1, 0.15) is 23.0 Å². The largest absolute Gasteiger partial charge is 0.492 e. The number of carbonyl (C=O) groups is 2. The normalized spacial score (nSPS) is 25.5. The van der Waals surface area contributed by atoms with Gasteiger partial charge < -0.3 is 19.4 Å². The summed E-state index contributed by atoms with van der Waals surface area (Å²) in [7, 11) is 0. The molecule has 0 bridgehead atoms. The quantitative estimate of drug-likeness (QED) is 0.777. The van der Waals surface area contributed by atoms with Crippen LogP contribution in [0.1, 0.15) is 49.5 Å². The van der Waals surface area contributed by atoms with Gasteiger partial charge in [-0.3, -0.25) is 14.3 Å². The Morgan fingerprint density at radius 1 is 1.28 bits per heavy atom. The molecule has 0 saturated heterocycles. The molecule has 2 aromatic rings. The number of carbonyl (C=O) groups excluding carboxylic acids is 2. The van der Waals surface area contributed by atoms with Crippen LogP contribution in [0.15, 0.2) is 53.4 Å². The smallest absolute Gasteiger partial charge is 0.273 e. The Labute approximate surface area is 186 Å². The second-order valence-corrected chi connectivity index (χ2v) is 8.94. The zero-order valence-corrected chi connectivity index (χ0v) is 18.2. The molecule has 2 aromatic heterocycles. The molecule has 1 fully saturated rings. The molecule has 2 unspecified atom stereocenters. The van der Waals surface area contributed by atoms with Gasteiger partial charge in [-0.15, -0.1) is 0 Å². The van der Waals surface area contributed by atoms with Crippen molar-refractivity contribution in [3.8, 4) is 11.5 Å². The van der Waals surface area contributed by atoms with E-state index in [-0.39, 0.29) is 37.0 Å². The van der Waals surface area contributed by atoms with E-state index in [2.05, 4.69) is 10.4 Å². The molecule has 8 nitrogen and oxygen atoms in total. The van der Waals surface area contributed by atoms with E-state index in [0.29, 0.717) is 17.1 Å². The predicted octanol–water partition coefficient (Wildman–Crippen LogP) is 3.28. The van der Waals surface area contributed by atoms with Crippen LogP contribution in [0, 0.1) is 0 Å². The number of rotatable bonds is 5. The Balaban J connectivity index is 1.47. The molecule has 2 amide bonds. The number of aromatic nitrogens is 2. The lowest BCUT2D eigenvalue weighted by molar-refractivity contribution is -0.134. The molecule has 0 spiro atoms. The Kier molecular flexibility index (Phi) is 5.36. The van der Waals surface area contributed by atoms with Gasteiger partial charge >= 0.3 is 0 Å². The molecule has 2 aliphatic heterocycles. The van der Waals surface area contributed by atoms with Crippen LogP contribution in [0.2, 0.25) is 0 Å². The van der Waals surface area contributed by atoms with Crippen molar-refractivity contribution in [1.82, 2.24) is 20.0 Å². The van der Waals surface area contributed by atoms with Crippen molar-refractivity contribution >= 4 is 11.8 Å². The third-order valence-corrected chi connectivity index (χ3v) is 6.63. The number of ether oxygens (including phenoxy) is 1. The van der Waals surface area contributed by atoms with Gasteiger partial charge in [0.15, 0.2) is 5.76 Å². The first-order chi connectivity index (χ1) is 15.5. The first-order valence-electron chi connectivity index (χ1n) is 11.3. The van der Waals surface area contributed by atoms with Crippen LogP contribution in [0.4, 0.5) is 0 Å². The molecule has 32 heavy (non-hydrogen) atoms. The summed E-state index contributed by atoms with van der Waals surface area (Å²) in [4.78, 5) is 28.9. The highest BCUT2D eigenvalue weighted by Gasteiger charge is 2.49. The van der Waals surface area contributed by atoms with Crippen LogP contribution in [0.25, 0.3) is 11.5 Å². The Bertz CT molecular complexity index is 1050. The van der Waals surface area contributed by atoms with Crippen molar-refractivity contribution in [2.75, 3.05) is 6.54 Å². The van der Waals surface area contributed by atoms with E-state index in [1.165, 1.54) is 6.42 Å². The average molecular weight is 437 g/mol. The summed E-state index contributed by atoms with van der Waals surface area (Å²) in [5, 5.41) is 7.81. The summed E-state index contributed by atoms with van der Waals surface area (Å²) in [6.45, 7) is 2.36. The molecule has 4 heterocycles. The molecule has 8 heteroatoms. The molecule has 3 aliphatic rings. The molecule has 1 N–H and O–H groups in total. The SMILES string of the molecule is CC1(C(=O)NC2CCCCC2)Cn2nc(-c3ccco3)cc2C(=O)N1CC1C=CC=CO1. The zero-order valence-electron chi connectivity index (χ0n) is 18.2. The highest BCUT2D eigenvalue weighted by molar-refractivity contribution is 6.00. The van der Waals surface area contributed by atoms with Crippen LogP contribution in [-0.4, -0.2) is 50.7 Å². The number of nitrogens with one attached hydrogen (secondary N) is 1. The zero-order chi connectivity index (χ0) is 22.1. The van der Waals surface area contributed by atoms with E-state index in [9.17, 15) is 9.59 Å². The maximum absolute atomic E-state index is 13.6. The molecule has 5 rings (SSSR count). The number of fused-ring (bicyclic) bond motifs is 1. The lowest BCUT2D eigenvalue weighted by Gasteiger charge is -2.44. The minimum atomic E-state index is -1.09. The number of hydrogen-bond acceptors (Lipinski definition) is 5. The Morgan fingerprint density at radius 2 is 2.12 bits per heavy atom. The number of furan rings is 1. The molecule has 168 valence electrons. The summed E-state index contributed by atoms with van der Waals surface area (Å²) in [5.74, 6) is 0.200. The third kappa shape index (κ3) is 3.74. The molecule has 0 aromatic carbocycles. The molecular weight excluding hydrogens is 408 g/mol. The topological polar surface area (TPSA) is 89.6 Å². The maximum Gasteiger partial charge on any atom is 0.273 e. The summed E-state index contributed by atoms with van der Waals surface area (Å²) in [5.41, 5.74) is -0.0755. The standard InChI is InChI=1S/C24H28N4O4/c1-24(23(30)25-17-8-3-2-4-9-17)16-28-20(14-19(26-28)21-11-7-13-32-21)22(29)27(24)15-18-10-5-6-12-31-18/h5-7,10-14,17-18H,2-4,8-9,15-16H2,1H3,(H,25,30). The third-order valence-electron chi connectivity index (χ3n) is 6.63. The lowest BCUT2D eigenvalue weighted by Crippen LogP contribution is -2.66. The van der Waals surface area contributed by atoms with E-state index in [4.69, 9.17) is 9.15 Å². The van der Waals surface area contributed by atoms with E-state index in [1.54, 1.807) is 46.4 Å². The molecule has 1 aliphatic carbocycles. The fraction of sp³-hybridized carbons (Fsp3) is 0.458. The van der Waals surface area contributed by atoms with Gasteiger partial charge in [0, 0.05) is 12.1 Å². The van der Waals surface area contributed by atoms with E-state index < -0.39 is 5.54 Å². The fourth-order valence-electron chi connectivity index (χ4n) is 4.77. The minimum Gasteiger partial charge on any atom is -0.492 e. The Morgan fingerprint density at radius 3 is 2.84 bits per heavy atom. The second-order valence-electron chi connectivity index (χ2n) is 8.94. The predicted molar refractivity (Wildman–Crippen MR) is 118 cm³/mol. The minimum absolute atomic E-state index is 0.145. The highest BCUT2D eigenvalue weighted by Crippen LogP contribution is 2.31. The van der Waals surface area contributed by atoms with Crippen molar-refractivity contribution in [3.05, 3.63) is 54.6 Å². The molecule has 0 radical (unpaired) electrons. The summed E-state index contributed by atoms with van der Waals surface area (Å²) in [6.07, 6.45) is 13.9. The number of allylic oxidation sites excluding steroid dienone is 2. The van der Waals surface area contributed by atoms with Gasteiger partial charge in [0.05, 0.1) is 25.6 Å². The summed E-state index contributed by atoms with van der Waals surface area (Å²) >= 11 is 0. The van der Waals surface area contributed by atoms with Crippen LogP contribution in [-0.2, 0) is 16.1 Å². The van der Waals surface area contributed by atoms with Crippen LogP contribution in [0.5, 0.6) is 0 Å². The second kappa shape index (κ2) is 8.33. The van der Waals surface area contributed by atoms with Crippen LogP contribution >= 0.6 is 0 Å². The molecule has 2 atom stereocenters. The number of amides is 2. The van der Waals surface area contributed by atoms with Crippen molar-refractivity contribution < 1.29 is 18.7 Å². The summed E-state index contributed by atoms with van der Waals surface area (Å²) in [6, 6.07) is 5.46. The van der Waals surface area contributed by atoms with E-state index >= 15 is 0 Å². The first kappa shape index (κ1) is 20.6. The van der Waals surface area contributed by atoms with Gasteiger partial charge in [0.25, 0.3) is 5.91 Å². The van der Waals surface area contributed by atoms with Gasteiger partial charge in [-0.05, 0) is 44.1 Å². The first-order valence-corrected chi connectivity index (χ1v) is 11.3. The van der Waals surface area contributed by atoms with E-state index in [0.717, 1.165) is 25.7 Å². The highest BCUT2D eigenvalue weighted by atomic mass is 16.5. The lowest BCUT2D eigenvalue weighted by atomic mass is 9.91. The van der Waals surface area contributed by atoms with Gasteiger partial charge in [-0.25, -0.2) is 0 Å². The van der Waals surface area contributed by atoms with Gasteiger partial charge in [-0.2, -0.15) is 5.10 Å². The number of nitrogens with zero attached hydrogens (tertiary/aromatic N) is 3. The molecule has 1 saturated carbocycles. The monoisotopic (exact) mass is 436 g/mol. The van der Waals surface area contributed by atoms with Crippen molar-refractivity contribution in [3.63, 3.8) is 0 Å². The van der Waals surface area contributed by atoms with E-state index in [1.807, 2.05) is 19.1 Å². The van der Waals surface area contributed by atoms with Crippen molar-refractivity contribution in [2.24, 2.45) is 0 Å². The van der Waals surface area contributed by atoms with Crippen LogP contribution < -0.4 is 5.32 Å². The fourth-order valence-corrected chi connectivity index (χ4v) is 4.77. The van der Waals surface area contributed by atoms with Crippen molar-refractivity contribution in [2.45, 2.75) is 63.3 Å².